The SMILES string of the molecule is CC(C)CCC[C@@H](C)[C@H]1CC[C@H]2[C@@H]3[C@H](C)[C@H](O)[C@]45C[C@H]4CC[C@]5(C)[C@H]3CC[C@]12C. The summed E-state index contributed by atoms with van der Waals surface area (Å²) in [5.74, 6) is 6.58. The van der Waals surface area contributed by atoms with Gasteiger partial charge in [-0.25, -0.2) is 0 Å². The Hall–Kier alpha value is -0.0400. The molecule has 0 heterocycles. The summed E-state index contributed by atoms with van der Waals surface area (Å²) in [6.45, 7) is 15.1. The van der Waals surface area contributed by atoms with Crippen LogP contribution in [0.25, 0.3) is 0 Å². The van der Waals surface area contributed by atoms with Gasteiger partial charge in [0.1, 0.15) is 0 Å². The van der Waals surface area contributed by atoms with Gasteiger partial charge in [0, 0.05) is 5.41 Å². The van der Waals surface area contributed by atoms with Crippen LogP contribution >= 0.6 is 0 Å². The molecule has 0 radical (unpaired) electrons. The molecule has 0 amide bonds. The van der Waals surface area contributed by atoms with Crippen LogP contribution in [0.3, 0.4) is 0 Å². The average molecular weight is 401 g/mol. The lowest BCUT2D eigenvalue weighted by Crippen LogP contribution is -2.60. The quantitative estimate of drug-likeness (QED) is 0.512. The average Bonchev–Trinajstić information content (AvgIpc) is 3.19. The van der Waals surface area contributed by atoms with Crippen molar-refractivity contribution in [2.75, 3.05) is 0 Å². The maximum atomic E-state index is 11.6. The van der Waals surface area contributed by atoms with Crippen molar-refractivity contribution in [2.24, 2.45) is 63.6 Å². The van der Waals surface area contributed by atoms with E-state index in [0.29, 0.717) is 22.2 Å². The molecule has 11 atom stereocenters. The van der Waals surface area contributed by atoms with Crippen molar-refractivity contribution in [1.29, 1.82) is 0 Å². The van der Waals surface area contributed by atoms with Gasteiger partial charge in [0.25, 0.3) is 0 Å². The zero-order valence-corrected chi connectivity index (χ0v) is 20.2. The third-order valence-electron chi connectivity index (χ3n) is 12.2. The minimum absolute atomic E-state index is 0.0221. The highest BCUT2D eigenvalue weighted by molar-refractivity contribution is 5.26. The Morgan fingerprint density at radius 3 is 2.38 bits per heavy atom. The standard InChI is InChI=1S/C28H48O/c1-17(2)8-7-9-18(3)21-10-11-22-24-19(4)25(29)28-16-20(28)12-15-27(28,6)23(24)13-14-26(21,22)5/h17-25,29H,7-16H2,1-6H3/t18-,19+,20-,21-,22+,23+,24+,25+,26-,27-,28+/m1/s1. The number of hydrogen-bond donors (Lipinski definition) is 1. The molecular weight excluding hydrogens is 352 g/mol. The van der Waals surface area contributed by atoms with Gasteiger partial charge in [-0.1, -0.05) is 60.8 Å². The van der Waals surface area contributed by atoms with E-state index in [1.54, 1.807) is 0 Å². The Kier molecular flexibility index (Phi) is 4.83. The molecule has 0 aromatic heterocycles. The van der Waals surface area contributed by atoms with Gasteiger partial charge >= 0.3 is 0 Å². The maximum Gasteiger partial charge on any atom is 0.0632 e. The maximum absolute atomic E-state index is 11.6. The van der Waals surface area contributed by atoms with Crippen LogP contribution in [0.1, 0.15) is 106 Å². The fraction of sp³-hybridized carbons (Fsp3) is 1.00. The predicted octanol–water partition coefficient (Wildman–Crippen LogP) is 7.32. The van der Waals surface area contributed by atoms with Crippen LogP contribution in [0.15, 0.2) is 0 Å². The predicted molar refractivity (Wildman–Crippen MR) is 121 cm³/mol. The number of rotatable bonds is 5. The zero-order chi connectivity index (χ0) is 20.8. The first-order valence-corrected chi connectivity index (χ1v) is 13.3. The van der Waals surface area contributed by atoms with Crippen LogP contribution in [0, 0.1) is 63.6 Å². The normalized spacial score (nSPS) is 56.5. The summed E-state index contributed by atoms with van der Waals surface area (Å²) in [7, 11) is 0. The smallest absolute Gasteiger partial charge is 0.0632 e. The highest BCUT2D eigenvalue weighted by Crippen LogP contribution is 2.82. The van der Waals surface area contributed by atoms with E-state index in [9.17, 15) is 5.11 Å². The second-order valence-corrected chi connectivity index (χ2v) is 13.5. The van der Waals surface area contributed by atoms with Crippen molar-refractivity contribution in [3.8, 4) is 0 Å². The Morgan fingerprint density at radius 1 is 0.931 bits per heavy atom. The van der Waals surface area contributed by atoms with E-state index in [2.05, 4.69) is 41.5 Å². The molecule has 0 aliphatic heterocycles. The summed E-state index contributed by atoms with van der Waals surface area (Å²) < 4.78 is 0. The molecule has 0 aromatic rings. The molecule has 5 rings (SSSR count). The first kappa shape index (κ1) is 20.8. The lowest BCUT2D eigenvalue weighted by atomic mass is 9.43. The summed E-state index contributed by atoms with van der Waals surface area (Å²) in [5.41, 5.74) is 1.30. The van der Waals surface area contributed by atoms with E-state index in [1.165, 1.54) is 64.2 Å². The largest absolute Gasteiger partial charge is 0.392 e. The van der Waals surface area contributed by atoms with Crippen molar-refractivity contribution < 1.29 is 5.11 Å². The van der Waals surface area contributed by atoms with Gasteiger partial charge in [-0.05, 0) is 103 Å². The van der Waals surface area contributed by atoms with Crippen LogP contribution in [0.5, 0.6) is 0 Å². The van der Waals surface area contributed by atoms with Crippen molar-refractivity contribution in [3.05, 3.63) is 0 Å². The van der Waals surface area contributed by atoms with Gasteiger partial charge in [0.05, 0.1) is 6.10 Å². The molecule has 1 N–H and O–H groups in total. The summed E-state index contributed by atoms with van der Waals surface area (Å²) >= 11 is 0. The molecule has 5 fully saturated rings. The summed E-state index contributed by atoms with van der Waals surface area (Å²) in [6.07, 6.45) is 14.2. The molecule has 29 heavy (non-hydrogen) atoms. The fourth-order valence-electron chi connectivity index (χ4n) is 10.7. The van der Waals surface area contributed by atoms with E-state index in [4.69, 9.17) is 0 Å². The van der Waals surface area contributed by atoms with Gasteiger partial charge in [0.2, 0.25) is 0 Å². The Labute approximate surface area is 180 Å². The monoisotopic (exact) mass is 400 g/mol. The van der Waals surface area contributed by atoms with Gasteiger partial charge in [-0.15, -0.1) is 0 Å². The van der Waals surface area contributed by atoms with Crippen LogP contribution in [0.2, 0.25) is 0 Å². The molecular formula is C28H48O. The molecule has 1 nitrogen and oxygen atoms in total. The Morgan fingerprint density at radius 2 is 1.69 bits per heavy atom. The van der Waals surface area contributed by atoms with Crippen LogP contribution < -0.4 is 0 Å². The fourth-order valence-corrected chi connectivity index (χ4v) is 10.7. The van der Waals surface area contributed by atoms with Crippen LogP contribution in [-0.2, 0) is 0 Å². The second-order valence-electron chi connectivity index (χ2n) is 13.5. The Bertz CT molecular complexity index is 640. The molecule has 0 bridgehead atoms. The zero-order valence-electron chi connectivity index (χ0n) is 20.2. The van der Waals surface area contributed by atoms with Crippen molar-refractivity contribution >= 4 is 0 Å². The topological polar surface area (TPSA) is 20.2 Å². The second kappa shape index (κ2) is 6.73. The summed E-state index contributed by atoms with van der Waals surface area (Å²) in [6, 6.07) is 0. The van der Waals surface area contributed by atoms with E-state index in [0.717, 1.165) is 41.4 Å². The van der Waals surface area contributed by atoms with Gasteiger partial charge < -0.3 is 5.11 Å². The molecule has 1 heteroatoms. The molecule has 5 aliphatic rings. The minimum atomic E-state index is -0.0221. The van der Waals surface area contributed by atoms with E-state index in [1.807, 2.05) is 0 Å². The first-order chi connectivity index (χ1) is 13.7. The van der Waals surface area contributed by atoms with Crippen LogP contribution in [0.4, 0.5) is 0 Å². The minimum Gasteiger partial charge on any atom is -0.392 e. The van der Waals surface area contributed by atoms with Crippen molar-refractivity contribution in [2.45, 2.75) is 112 Å². The van der Waals surface area contributed by atoms with Gasteiger partial charge in [-0.2, -0.15) is 0 Å². The van der Waals surface area contributed by atoms with Crippen molar-refractivity contribution in [3.63, 3.8) is 0 Å². The molecule has 0 unspecified atom stereocenters. The number of hydrogen-bond acceptors (Lipinski definition) is 1. The molecule has 0 saturated heterocycles. The number of fused-ring (bicyclic) bond motifs is 4. The molecule has 1 spiro atoms. The highest BCUT2D eigenvalue weighted by Gasteiger charge is 2.78. The van der Waals surface area contributed by atoms with Crippen LogP contribution in [-0.4, -0.2) is 11.2 Å². The van der Waals surface area contributed by atoms with Gasteiger partial charge in [0.15, 0.2) is 0 Å². The molecule has 5 saturated carbocycles. The van der Waals surface area contributed by atoms with E-state index < -0.39 is 0 Å². The molecule has 0 aromatic carbocycles. The number of aliphatic hydroxyl groups is 1. The third-order valence-corrected chi connectivity index (χ3v) is 12.2. The highest BCUT2D eigenvalue weighted by atomic mass is 16.3. The van der Waals surface area contributed by atoms with E-state index >= 15 is 0 Å². The van der Waals surface area contributed by atoms with Crippen molar-refractivity contribution in [1.82, 2.24) is 0 Å². The molecule has 166 valence electrons. The van der Waals surface area contributed by atoms with E-state index in [-0.39, 0.29) is 6.10 Å². The first-order valence-electron chi connectivity index (χ1n) is 13.3. The lowest BCUT2D eigenvalue weighted by Gasteiger charge is -2.62. The Balaban J connectivity index is 1.38. The number of aliphatic hydroxyl groups excluding tert-OH is 1. The third kappa shape index (κ3) is 2.61. The van der Waals surface area contributed by atoms with Gasteiger partial charge in [-0.3, -0.25) is 0 Å². The summed E-state index contributed by atoms with van der Waals surface area (Å²) in [4.78, 5) is 0. The lowest BCUT2D eigenvalue weighted by molar-refractivity contribution is -0.182. The summed E-state index contributed by atoms with van der Waals surface area (Å²) in [5, 5.41) is 11.6. The molecule has 5 aliphatic carbocycles.